The molecule has 0 atom stereocenters. The first-order valence-electron chi connectivity index (χ1n) is 8.45. The van der Waals surface area contributed by atoms with Gasteiger partial charge in [0.1, 0.15) is 13.2 Å². The average molecular weight is 437 g/mol. The van der Waals surface area contributed by atoms with E-state index in [0.717, 1.165) is 9.13 Å². The van der Waals surface area contributed by atoms with Gasteiger partial charge < -0.3 is 14.6 Å². The quantitative estimate of drug-likeness (QED) is 0.249. The second-order valence-corrected chi connectivity index (χ2v) is 6.31. The van der Waals surface area contributed by atoms with Gasteiger partial charge in [-0.3, -0.25) is 9.59 Å². The summed E-state index contributed by atoms with van der Waals surface area (Å²) in [7, 11) is 0. The Labute approximate surface area is 170 Å². The van der Waals surface area contributed by atoms with E-state index in [0.29, 0.717) is 16.1 Å². The molecule has 0 aliphatic rings. The minimum atomic E-state index is -0.933. The Morgan fingerprint density at radius 1 is 0.750 bits per heavy atom. The number of thiol groups is 2. The summed E-state index contributed by atoms with van der Waals surface area (Å²) in [6, 6.07) is 0. The van der Waals surface area contributed by atoms with Crippen LogP contribution in [0.1, 0.15) is 12.8 Å². The van der Waals surface area contributed by atoms with Crippen LogP contribution in [0.15, 0.2) is 14.4 Å². The molecule has 28 heavy (non-hydrogen) atoms. The van der Waals surface area contributed by atoms with E-state index in [1.54, 1.807) is 0 Å². The van der Waals surface area contributed by atoms with E-state index < -0.39 is 35.6 Å². The minimum Gasteiger partial charge on any atom is -0.464 e. The van der Waals surface area contributed by atoms with Crippen LogP contribution in [-0.2, 0) is 38.7 Å². The molecular formula is C15H23N3O8S2. The Bertz CT molecular complexity index is 783. The molecule has 0 bridgehead atoms. The number of rotatable bonds is 12. The third kappa shape index (κ3) is 6.87. The van der Waals surface area contributed by atoms with Crippen LogP contribution in [0.2, 0.25) is 0 Å². The molecule has 11 nitrogen and oxygen atoms in total. The van der Waals surface area contributed by atoms with E-state index in [1.165, 1.54) is 0 Å². The number of hydrogen-bond acceptors (Lipinski definition) is 10. The van der Waals surface area contributed by atoms with E-state index >= 15 is 0 Å². The van der Waals surface area contributed by atoms with E-state index in [2.05, 4.69) is 25.3 Å². The first-order chi connectivity index (χ1) is 13.4. The summed E-state index contributed by atoms with van der Waals surface area (Å²) < 4.78 is 11.9. The van der Waals surface area contributed by atoms with Crippen molar-refractivity contribution in [3.05, 3.63) is 31.5 Å². The summed E-state index contributed by atoms with van der Waals surface area (Å²) >= 11 is 7.79. The number of aliphatic hydroxyl groups is 1. The number of ether oxygens (including phenoxy) is 2. The maximum atomic E-state index is 12.5. The summed E-state index contributed by atoms with van der Waals surface area (Å²) in [5.74, 6) is -0.496. The second-order valence-electron chi connectivity index (χ2n) is 5.41. The molecule has 0 radical (unpaired) electrons. The fourth-order valence-electron chi connectivity index (χ4n) is 2.18. The highest BCUT2D eigenvalue weighted by Gasteiger charge is 2.16. The topological polar surface area (TPSA) is 139 Å². The molecule has 1 aromatic rings. The molecule has 0 saturated carbocycles. The van der Waals surface area contributed by atoms with Gasteiger partial charge in [-0.2, -0.15) is 25.3 Å². The van der Waals surface area contributed by atoms with Crippen LogP contribution >= 0.6 is 25.3 Å². The summed E-state index contributed by atoms with van der Waals surface area (Å²) in [5.41, 5.74) is -2.80. The molecule has 0 aliphatic carbocycles. The van der Waals surface area contributed by atoms with Crippen molar-refractivity contribution < 1.29 is 24.2 Å². The highest BCUT2D eigenvalue weighted by molar-refractivity contribution is 7.80. The van der Waals surface area contributed by atoms with Crippen LogP contribution in [-0.4, -0.2) is 62.1 Å². The molecule has 1 aromatic heterocycles. The van der Waals surface area contributed by atoms with E-state index in [9.17, 15) is 24.0 Å². The van der Waals surface area contributed by atoms with Crippen LogP contribution in [0.3, 0.4) is 0 Å². The lowest BCUT2D eigenvalue weighted by atomic mass is 10.5. The Morgan fingerprint density at radius 2 is 1.11 bits per heavy atom. The van der Waals surface area contributed by atoms with Gasteiger partial charge in [0, 0.05) is 11.5 Å². The molecule has 0 aliphatic heterocycles. The van der Waals surface area contributed by atoms with Crippen LogP contribution in [0, 0.1) is 0 Å². The number of carbonyl (C=O) groups excluding carboxylic acids is 2. The monoisotopic (exact) mass is 437 g/mol. The maximum Gasteiger partial charge on any atom is 0.336 e. The van der Waals surface area contributed by atoms with Crippen LogP contribution in [0.25, 0.3) is 0 Å². The van der Waals surface area contributed by atoms with Gasteiger partial charge in [0.25, 0.3) is 0 Å². The first kappa shape index (κ1) is 24.0. The lowest BCUT2D eigenvalue weighted by Crippen LogP contribution is -2.55. The third-order valence-electron chi connectivity index (χ3n) is 3.50. The maximum absolute atomic E-state index is 12.5. The van der Waals surface area contributed by atoms with Crippen molar-refractivity contribution in [3.8, 4) is 0 Å². The van der Waals surface area contributed by atoms with Crippen molar-refractivity contribution in [2.75, 3.05) is 31.3 Å². The number of nitrogens with zero attached hydrogens (tertiary/aromatic N) is 3. The third-order valence-corrected chi connectivity index (χ3v) is 3.94. The van der Waals surface area contributed by atoms with E-state index in [1.807, 2.05) is 0 Å². The highest BCUT2D eigenvalue weighted by atomic mass is 32.1. The summed E-state index contributed by atoms with van der Waals surface area (Å²) in [6.45, 7) is -1.88. The molecule has 0 saturated heterocycles. The summed E-state index contributed by atoms with van der Waals surface area (Å²) in [4.78, 5) is 60.0. The van der Waals surface area contributed by atoms with Gasteiger partial charge in [-0.25, -0.2) is 28.1 Å². The summed E-state index contributed by atoms with van der Waals surface area (Å²) in [6.07, 6.45) is 0.147. The van der Waals surface area contributed by atoms with Crippen molar-refractivity contribution >= 4 is 37.2 Å². The normalized spacial score (nSPS) is 10.7. The van der Waals surface area contributed by atoms with Crippen LogP contribution < -0.4 is 17.1 Å². The lowest BCUT2D eigenvalue weighted by molar-refractivity contribution is -0.144. The lowest BCUT2D eigenvalue weighted by Gasteiger charge is -2.13. The number of esters is 2. The molecule has 1 heterocycles. The van der Waals surface area contributed by atoms with Gasteiger partial charge >= 0.3 is 29.0 Å². The molecular weight excluding hydrogens is 414 g/mol. The molecule has 0 fully saturated rings. The van der Waals surface area contributed by atoms with Gasteiger partial charge in [0.05, 0.1) is 39.1 Å². The van der Waals surface area contributed by atoms with Gasteiger partial charge in [0.2, 0.25) is 0 Å². The highest BCUT2D eigenvalue weighted by Crippen LogP contribution is 1.91. The number of aromatic nitrogens is 3. The Balaban J connectivity index is 3.07. The molecule has 1 N–H and O–H groups in total. The zero-order chi connectivity index (χ0) is 21.1. The molecule has 1 rings (SSSR count). The standard InChI is InChI=1S/C15H23N3O8S2/c19-6-3-16-13(22)17(4-7-25-11(20)1-9-27)15(24)18(14(16)23)5-8-26-12(21)2-10-28/h19,27-28H,1-10H2. The minimum absolute atomic E-state index is 0.0733. The Kier molecular flexibility index (Phi) is 10.7. The fraction of sp³-hybridized carbons (Fsp3) is 0.667. The average Bonchev–Trinajstić information content (AvgIpc) is 2.65. The van der Waals surface area contributed by atoms with Gasteiger partial charge in [0.15, 0.2) is 0 Å². The molecule has 13 heteroatoms. The van der Waals surface area contributed by atoms with Crippen LogP contribution in [0.5, 0.6) is 0 Å². The van der Waals surface area contributed by atoms with Gasteiger partial charge in [-0.05, 0) is 0 Å². The predicted octanol–water partition coefficient (Wildman–Crippen LogP) is -2.11. The van der Waals surface area contributed by atoms with Gasteiger partial charge in [-0.1, -0.05) is 0 Å². The number of aliphatic hydroxyl groups excluding tert-OH is 1. The van der Waals surface area contributed by atoms with Crippen molar-refractivity contribution in [3.63, 3.8) is 0 Å². The largest absolute Gasteiger partial charge is 0.464 e. The SMILES string of the molecule is O=C(CCS)OCCn1c(=O)n(CCO)c(=O)n(CCOC(=O)CCS)c1=O. The Hall–Kier alpha value is -1.99. The van der Waals surface area contributed by atoms with Crippen molar-refractivity contribution in [1.29, 1.82) is 0 Å². The van der Waals surface area contributed by atoms with Crippen molar-refractivity contribution in [1.82, 2.24) is 13.7 Å². The molecule has 0 spiro atoms. The molecule has 0 amide bonds. The number of carbonyl (C=O) groups is 2. The zero-order valence-electron chi connectivity index (χ0n) is 15.1. The van der Waals surface area contributed by atoms with Gasteiger partial charge in [-0.15, -0.1) is 0 Å². The molecule has 0 aromatic carbocycles. The van der Waals surface area contributed by atoms with E-state index in [-0.39, 0.29) is 45.7 Å². The molecule has 0 unspecified atom stereocenters. The number of hydrogen-bond donors (Lipinski definition) is 3. The fourth-order valence-corrected chi connectivity index (χ4v) is 2.55. The van der Waals surface area contributed by atoms with Crippen molar-refractivity contribution in [2.45, 2.75) is 32.5 Å². The summed E-state index contributed by atoms with van der Waals surface area (Å²) in [5, 5.41) is 9.09. The van der Waals surface area contributed by atoms with Crippen LogP contribution in [0.4, 0.5) is 0 Å². The smallest absolute Gasteiger partial charge is 0.336 e. The predicted molar refractivity (Wildman–Crippen MR) is 105 cm³/mol. The first-order valence-corrected chi connectivity index (χ1v) is 9.72. The second kappa shape index (κ2) is 12.5. The van der Waals surface area contributed by atoms with E-state index in [4.69, 9.17) is 14.6 Å². The Morgan fingerprint density at radius 3 is 1.43 bits per heavy atom. The molecule has 158 valence electrons. The zero-order valence-corrected chi connectivity index (χ0v) is 16.9. The van der Waals surface area contributed by atoms with Crippen molar-refractivity contribution in [2.24, 2.45) is 0 Å².